The quantitative estimate of drug-likeness (QED) is 0.719. The van der Waals surface area contributed by atoms with E-state index in [9.17, 15) is 5.11 Å². The van der Waals surface area contributed by atoms with Gasteiger partial charge in [0.25, 0.3) is 0 Å². The summed E-state index contributed by atoms with van der Waals surface area (Å²) in [5, 5.41) is 9.67. The molecule has 1 nitrogen and oxygen atoms in total. The molecule has 0 aliphatic carbocycles. The largest absolute Gasteiger partial charge is 0.508 e. The van der Waals surface area contributed by atoms with Crippen LogP contribution >= 0.6 is 0 Å². The second-order valence-electron chi connectivity index (χ2n) is 3.69. The van der Waals surface area contributed by atoms with Gasteiger partial charge in [0.1, 0.15) is 5.75 Å². The van der Waals surface area contributed by atoms with Crippen LogP contribution in [0.4, 0.5) is 0 Å². The highest BCUT2D eigenvalue weighted by molar-refractivity contribution is 5.39. The van der Waals surface area contributed by atoms with Crippen LogP contribution in [0.1, 0.15) is 37.3 Å². The maximum absolute atomic E-state index is 9.67. The molecule has 1 heteroatoms. The van der Waals surface area contributed by atoms with Crippen molar-refractivity contribution < 1.29 is 5.11 Å². The first kappa shape index (κ1) is 10.8. The van der Waals surface area contributed by atoms with E-state index < -0.39 is 0 Å². The second kappa shape index (κ2) is 4.85. The van der Waals surface area contributed by atoms with Gasteiger partial charge in [-0.25, -0.2) is 0 Å². The van der Waals surface area contributed by atoms with Gasteiger partial charge in [0.05, 0.1) is 0 Å². The zero-order chi connectivity index (χ0) is 10.6. The molecule has 1 rings (SSSR count). The monoisotopic (exact) mass is 190 g/mol. The van der Waals surface area contributed by atoms with Crippen LogP contribution in [-0.4, -0.2) is 5.11 Å². The van der Waals surface area contributed by atoms with E-state index in [1.54, 1.807) is 6.07 Å². The summed E-state index contributed by atoms with van der Waals surface area (Å²) in [6.45, 7) is 6.25. The number of allylic oxidation sites excluding steroid dienone is 2. The molecule has 0 aromatic heterocycles. The molecule has 0 aliphatic rings. The molecule has 1 aromatic carbocycles. The van der Waals surface area contributed by atoms with E-state index in [2.05, 4.69) is 26.0 Å². The van der Waals surface area contributed by atoms with Gasteiger partial charge in [0, 0.05) is 11.5 Å². The number of phenols is 1. The number of hydrogen-bond donors (Lipinski definition) is 1. The molecule has 76 valence electrons. The Labute approximate surface area is 86.1 Å². The molecule has 0 fully saturated rings. The molecule has 0 spiro atoms. The Kier molecular flexibility index (Phi) is 3.75. The summed E-state index contributed by atoms with van der Waals surface area (Å²) >= 11 is 0. The number of hydrogen-bond acceptors (Lipinski definition) is 1. The lowest BCUT2D eigenvalue weighted by Crippen LogP contribution is -1.90. The molecular formula is C13H18O. The lowest BCUT2D eigenvalue weighted by atomic mass is 9.97. The fraction of sp³-hybridized carbons (Fsp3) is 0.385. The molecule has 1 aromatic rings. The fourth-order valence-corrected chi connectivity index (χ4v) is 1.48. The SMILES string of the molecule is CC/C=C/C(C)c1cc(C)ccc1O. The molecule has 0 saturated heterocycles. The van der Waals surface area contributed by atoms with E-state index in [-0.39, 0.29) is 5.92 Å². The van der Waals surface area contributed by atoms with Crippen LogP contribution in [0.15, 0.2) is 30.4 Å². The van der Waals surface area contributed by atoms with Crippen molar-refractivity contribution in [1.82, 2.24) is 0 Å². The van der Waals surface area contributed by atoms with Crippen molar-refractivity contribution in [3.63, 3.8) is 0 Å². The van der Waals surface area contributed by atoms with Gasteiger partial charge in [-0.2, -0.15) is 0 Å². The number of benzene rings is 1. The van der Waals surface area contributed by atoms with Gasteiger partial charge in [-0.3, -0.25) is 0 Å². The summed E-state index contributed by atoms with van der Waals surface area (Å²) in [5.41, 5.74) is 2.20. The van der Waals surface area contributed by atoms with Gasteiger partial charge in [-0.05, 0) is 19.4 Å². The summed E-state index contributed by atoms with van der Waals surface area (Å²) in [4.78, 5) is 0. The highest BCUT2D eigenvalue weighted by atomic mass is 16.3. The third-order valence-corrected chi connectivity index (χ3v) is 2.33. The molecule has 1 atom stereocenters. The van der Waals surface area contributed by atoms with Crippen LogP contribution in [-0.2, 0) is 0 Å². The number of phenolic OH excluding ortho intramolecular Hbond substituents is 1. The summed E-state index contributed by atoms with van der Waals surface area (Å²) < 4.78 is 0. The van der Waals surface area contributed by atoms with Crippen LogP contribution in [0.3, 0.4) is 0 Å². The summed E-state index contributed by atoms with van der Waals surface area (Å²) in [6.07, 6.45) is 5.30. The highest BCUT2D eigenvalue weighted by Crippen LogP contribution is 2.27. The van der Waals surface area contributed by atoms with E-state index in [1.807, 2.05) is 19.1 Å². The van der Waals surface area contributed by atoms with Crippen molar-refractivity contribution in [3.05, 3.63) is 41.5 Å². The Morgan fingerprint density at radius 3 is 2.79 bits per heavy atom. The average Bonchev–Trinajstić information content (AvgIpc) is 2.18. The van der Waals surface area contributed by atoms with Crippen molar-refractivity contribution in [1.29, 1.82) is 0 Å². The molecule has 0 bridgehead atoms. The molecule has 14 heavy (non-hydrogen) atoms. The van der Waals surface area contributed by atoms with E-state index in [0.29, 0.717) is 5.75 Å². The van der Waals surface area contributed by atoms with E-state index in [4.69, 9.17) is 0 Å². The normalized spacial score (nSPS) is 13.4. The molecular weight excluding hydrogens is 172 g/mol. The molecule has 1 unspecified atom stereocenters. The van der Waals surface area contributed by atoms with Gasteiger partial charge >= 0.3 is 0 Å². The Hall–Kier alpha value is -1.24. The first-order chi connectivity index (χ1) is 6.65. The zero-order valence-electron chi connectivity index (χ0n) is 9.12. The van der Waals surface area contributed by atoms with E-state index in [0.717, 1.165) is 12.0 Å². The summed E-state index contributed by atoms with van der Waals surface area (Å²) in [5.74, 6) is 0.679. The third kappa shape index (κ3) is 2.63. The Bertz CT molecular complexity index is 326. The van der Waals surface area contributed by atoms with Crippen LogP contribution in [0.5, 0.6) is 5.75 Å². The maximum Gasteiger partial charge on any atom is 0.119 e. The predicted octanol–water partition coefficient (Wildman–Crippen LogP) is 3.77. The summed E-state index contributed by atoms with van der Waals surface area (Å²) in [6, 6.07) is 5.73. The average molecular weight is 190 g/mol. The molecule has 0 amide bonds. The maximum atomic E-state index is 9.67. The Morgan fingerprint density at radius 1 is 1.43 bits per heavy atom. The van der Waals surface area contributed by atoms with Crippen LogP contribution in [0.2, 0.25) is 0 Å². The van der Waals surface area contributed by atoms with Gasteiger partial charge < -0.3 is 5.11 Å². The highest BCUT2D eigenvalue weighted by Gasteiger charge is 2.06. The first-order valence-corrected chi connectivity index (χ1v) is 5.11. The van der Waals surface area contributed by atoms with Gasteiger partial charge in [0.2, 0.25) is 0 Å². The van der Waals surface area contributed by atoms with Crippen LogP contribution in [0, 0.1) is 6.92 Å². The van der Waals surface area contributed by atoms with Gasteiger partial charge in [0.15, 0.2) is 0 Å². The number of aromatic hydroxyl groups is 1. The fourth-order valence-electron chi connectivity index (χ4n) is 1.48. The molecule has 0 saturated carbocycles. The minimum atomic E-state index is 0.287. The zero-order valence-corrected chi connectivity index (χ0v) is 9.12. The van der Waals surface area contributed by atoms with Crippen molar-refractivity contribution in [2.45, 2.75) is 33.1 Å². The first-order valence-electron chi connectivity index (χ1n) is 5.11. The van der Waals surface area contributed by atoms with Crippen LogP contribution < -0.4 is 0 Å². The Balaban J connectivity index is 2.93. The van der Waals surface area contributed by atoms with Crippen molar-refractivity contribution in [2.75, 3.05) is 0 Å². The van der Waals surface area contributed by atoms with E-state index >= 15 is 0 Å². The van der Waals surface area contributed by atoms with E-state index in [1.165, 1.54) is 5.56 Å². The lowest BCUT2D eigenvalue weighted by Gasteiger charge is -2.10. The molecule has 0 aliphatic heterocycles. The van der Waals surface area contributed by atoms with Gasteiger partial charge in [-0.1, -0.05) is 43.7 Å². The van der Waals surface area contributed by atoms with Crippen molar-refractivity contribution >= 4 is 0 Å². The topological polar surface area (TPSA) is 20.2 Å². The standard InChI is InChI=1S/C13H18O/c1-4-5-6-11(3)12-9-10(2)7-8-13(12)14/h5-9,11,14H,4H2,1-3H3/b6-5+. The Morgan fingerprint density at radius 2 is 2.14 bits per heavy atom. The van der Waals surface area contributed by atoms with Gasteiger partial charge in [-0.15, -0.1) is 0 Å². The van der Waals surface area contributed by atoms with Crippen molar-refractivity contribution in [2.24, 2.45) is 0 Å². The molecule has 1 N–H and O–H groups in total. The van der Waals surface area contributed by atoms with Crippen LogP contribution in [0.25, 0.3) is 0 Å². The molecule has 0 radical (unpaired) electrons. The number of aryl methyl sites for hydroxylation is 1. The van der Waals surface area contributed by atoms with Crippen molar-refractivity contribution in [3.8, 4) is 5.75 Å². The third-order valence-electron chi connectivity index (χ3n) is 2.33. The minimum Gasteiger partial charge on any atom is -0.508 e. The predicted molar refractivity (Wildman–Crippen MR) is 60.7 cm³/mol. The molecule has 0 heterocycles. The second-order valence-corrected chi connectivity index (χ2v) is 3.69. The minimum absolute atomic E-state index is 0.287. The number of rotatable bonds is 3. The summed E-state index contributed by atoms with van der Waals surface area (Å²) in [7, 11) is 0. The lowest BCUT2D eigenvalue weighted by molar-refractivity contribution is 0.466. The smallest absolute Gasteiger partial charge is 0.119 e.